The molecule has 0 saturated heterocycles. The number of hydrogen-bond acceptors (Lipinski definition) is 6. The Morgan fingerprint density at radius 3 is 2.44 bits per heavy atom. The van der Waals surface area contributed by atoms with Crippen LogP contribution in [0.3, 0.4) is 0 Å². The first-order valence-corrected chi connectivity index (χ1v) is 9.55. The molecule has 10 heteroatoms. The first-order valence-electron chi connectivity index (χ1n) is 7.19. The third-order valence-corrected chi connectivity index (χ3v) is 5.42. The molecule has 0 fully saturated rings. The van der Waals surface area contributed by atoms with Crippen LogP contribution in [0, 0.1) is 0 Å². The molecule has 0 radical (unpaired) electrons. The maximum atomic E-state index is 12.1. The molecule has 0 aliphatic rings. The van der Waals surface area contributed by atoms with Gasteiger partial charge in [0.2, 0.25) is 15.9 Å². The van der Waals surface area contributed by atoms with E-state index >= 15 is 0 Å². The van der Waals surface area contributed by atoms with Crippen LogP contribution in [0.25, 0.3) is 0 Å². The number of amides is 2. The van der Waals surface area contributed by atoms with E-state index in [1.54, 1.807) is 17.5 Å². The summed E-state index contributed by atoms with van der Waals surface area (Å²) in [6.07, 6.45) is -0.125. The fourth-order valence-corrected chi connectivity index (χ4v) is 3.45. The van der Waals surface area contributed by atoms with E-state index in [0.29, 0.717) is 10.6 Å². The quantitative estimate of drug-likeness (QED) is 0.615. The molecule has 0 spiro atoms. The van der Waals surface area contributed by atoms with Crippen LogP contribution >= 0.6 is 11.3 Å². The number of sulfonamides is 1. The average Bonchev–Trinajstić information content (AvgIpc) is 3.14. The second-order valence-electron chi connectivity index (χ2n) is 4.80. The number of methoxy groups -OCH3 is 1. The minimum Gasteiger partial charge on any atom is -0.497 e. The molecule has 0 aliphatic carbocycles. The molecule has 2 rings (SSSR count). The summed E-state index contributed by atoms with van der Waals surface area (Å²) in [4.78, 5) is 23.8. The van der Waals surface area contributed by atoms with E-state index < -0.39 is 21.8 Å². The highest BCUT2D eigenvalue weighted by atomic mass is 32.2. The molecule has 1 heterocycles. The topological polar surface area (TPSA) is 114 Å². The summed E-state index contributed by atoms with van der Waals surface area (Å²) < 4.78 is 31.4. The molecule has 1 aromatic carbocycles. The van der Waals surface area contributed by atoms with Crippen LogP contribution < -0.4 is 20.3 Å². The van der Waals surface area contributed by atoms with Crippen molar-refractivity contribution in [1.29, 1.82) is 0 Å². The van der Waals surface area contributed by atoms with E-state index in [1.165, 1.54) is 42.7 Å². The molecule has 2 aromatic rings. The van der Waals surface area contributed by atoms with Crippen LogP contribution in [0.15, 0.2) is 46.7 Å². The zero-order valence-corrected chi connectivity index (χ0v) is 14.9. The van der Waals surface area contributed by atoms with E-state index in [9.17, 15) is 18.0 Å². The molecule has 0 bridgehead atoms. The van der Waals surface area contributed by atoms with Gasteiger partial charge in [-0.3, -0.25) is 20.4 Å². The standard InChI is InChI=1S/C15H17N3O5S2/c1-23-11-4-6-12(7-5-11)25(21,22)16-9-8-14(19)17-18-15(20)13-3-2-10-24-13/h2-7,10,16H,8-9H2,1H3,(H,17,19)(H,18,20). The Bertz CT molecular complexity index is 817. The third kappa shape index (κ3) is 5.55. The molecule has 0 aliphatic heterocycles. The average molecular weight is 383 g/mol. The SMILES string of the molecule is COc1ccc(S(=O)(=O)NCCC(=O)NNC(=O)c2cccs2)cc1. The molecule has 0 atom stereocenters. The van der Waals surface area contributed by atoms with Crippen LogP contribution in [0.2, 0.25) is 0 Å². The molecule has 2 amide bonds. The van der Waals surface area contributed by atoms with Crippen LogP contribution in [-0.2, 0) is 14.8 Å². The second kappa shape index (κ2) is 8.60. The number of carbonyl (C=O) groups is 2. The number of thiophene rings is 1. The maximum Gasteiger partial charge on any atom is 0.279 e. The van der Waals surface area contributed by atoms with Gasteiger partial charge in [-0.15, -0.1) is 11.3 Å². The lowest BCUT2D eigenvalue weighted by atomic mass is 10.3. The van der Waals surface area contributed by atoms with E-state index in [4.69, 9.17) is 4.74 Å². The second-order valence-corrected chi connectivity index (χ2v) is 7.52. The minimum absolute atomic E-state index is 0.0692. The highest BCUT2D eigenvalue weighted by Gasteiger charge is 2.14. The van der Waals surface area contributed by atoms with Gasteiger partial charge in [-0.1, -0.05) is 6.07 Å². The van der Waals surface area contributed by atoms with Crippen molar-refractivity contribution in [3.05, 3.63) is 46.7 Å². The highest BCUT2D eigenvalue weighted by molar-refractivity contribution is 7.89. The summed E-state index contributed by atoms with van der Waals surface area (Å²) in [6, 6.07) is 9.21. The lowest BCUT2D eigenvalue weighted by molar-refractivity contribution is -0.121. The largest absolute Gasteiger partial charge is 0.497 e. The van der Waals surface area contributed by atoms with Crippen LogP contribution in [0.1, 0.15) is 16.1 Å². The number of hydrazine groups is 1. The van der Waals surface area contributed by atoms with Gasteiger partial charge in [0, 0.05) is 13.0 Å². The lowest BCUT2D eigenvalue weighted by Crippen LogP contribution is -2.42. The first kappa shape index (κ1) is 18.9. The summed E-state index contributed by atoms with van der Waals surface area (Å²) in [5, 5.41) is 1.74. The van der Waals surface area contributed by atoms with Crippen molar-refractivity contribution in [3.8, 4) is 5.75 Å². The van der Waals surface area contributed by atoms with Crippen LogP contribution in [-0.4, -0.2) is 33.9 Å². The van der Waals surface area contributed by atoms with Gasteiger partial charge in [-0.25, -0.2) is 13.1 Å². The third-order valence-electron chi connectivity index (χ3n) is 3.07. The van der Waals surface area contributed by atoms with E-state index in [0.717, 1.165) is 0 Å². The van der Waals surface area contributed by atoms with Crippen molar-refractivity contribution in [2.24, 2.45) is 0 Å². The van der Waals surface area contributed by atoms with Gasteiger partial charge in [0.15, 0.2) is 0 Å². The summed E-state index contributed by atoms with van der Waals surface area (Å²) in [7, 11) is -2.24. The molecule has 3 N–H and O–H groups in total. The zero-order chi connectivity index (χ0) is 18.3. The predicted molar refractivity (Wildman–Crippen MR) is 92.7 cm³/mol. The van der Waals surface area contributed by atoms with Gasteiger partial charge in [-0.05, 0) is 35.7 Å². The fraction of sp³-hybridized carbons (Fsp3) is 0.200. The lowest BCUT2D eigenvalue weighted by Gasteiger charge is -2.08. The van der Waals surface area contributed by atoms with E-state index in [1.807, 2.05) is 0 Å². The Morgan fingerprint density at radius 2 is 1.84 bits per heavy atom. The van der Waals surface area contributed by atoms with Crippen molar-refractivity contribution < 1.29 is 22.7 Å². The van der Waals surface area contributed by atoms with Crippen LogP contribution in [0.4, 0.5) is 0 Å². The van der Waals surface area contributed by atoms with Gasteiger partial charge in [-0.2, -0.15) is 0 Å². The molecule has 0 unspecified atom stereocenters. The Labute approximate surface area is 149 Å². The Morgan fingerprint density at radius 1 is 1.12 bits per heavy atom. The highest BCUT2D eigenvalue weighted by Crippen LogP contribution is 2.15. The van der Waals surface area contributed by atoms with Gasteiger partial charge >= 0.3 is 0 Å². The monoisotopic (exact) mass is 383 g/mol. The van der Waals surface area contributed by atoms with Crippen molar-refractivity contribution in [3.63, 3.8) is 0 Å². The first-order chi connectivity index (χ1) is 11.9. The summed E-state index contributed by atoms with van der Waals surface area (Å²) in [5.74, 6) is -0.399. The normalized spacial score (nSPS) is 10.9. The van der Waals surface area contributed by atoms with Crippen molar-refractivity contribution in [1.82, 2.24) is 15.6 Å². The van der Waals surface area contributed by atoms with E-state index in [2.05, 4.69) is 15.6 Å². The summed E-state index contributed by atoms with van der Waals surface area (Å²) in [6.45, 7) is -0.102. The van der Waals surface area contributed by atoms with Gasteiger partial charge < -0.3 is 4.74 Å². The molecule has 134 valence electrons. The number of ether oxygens (including phenoxy) is 1. The van der Waals surface area contributed by atoms with Gasteiger partial charge in [0.25, 0.3) is 5.91 Å². The molecule has 25 heavy (non-hydrogen) atoms. The zero-order valence-electron chi connectivity index (χ0n) is 13.3. The van der Waals surface area contributed by atoms with Crippen molar-refractivity contribution in [2.75, 3.05) is 13.7 Å². The smallest absolute Gasteiger partial charge is 0.279 e. The van der Waals surface area contributed by atoms with Gasteiger partial charge in [0.1, 0.15) is 5.75 Å². The minimum atomic E-state index is -3.72. The fourth-order valence-electron chi connectivity index (χ4n) is 1.80. The van der Waals surface area contributed by atoms with Crippen molar-refractivity contribution >= 4 is 33.2 Å². The molecule has 8 nitrogen and oxygen atoms in total. The Hall–Kier alpha value is -2.43. The molecular formula is C15H17N3O5S2. The Balaban J connectivity index is 1.76. The maximum absolute atomic E-state index is 12.1. The number of carbonyl (C=O) groups excluding carboxylic acids is 2. The number of nitrogens with one attached hydrogen (secondary N) is 3. The summed E-state index contributed by atoms with van der Waals surface area (Å²) in [5.41, 5.74) is 4.49. The van der Waals surface area contributed by atoms with Crippen LogP contribution in [0.5, 0.6) is 5.75 Å². The van der Waals surface area contributed by atoms with Gasteiger partial charge in [0.05, 0.1) is 16.9 Å². The van der Waals surface area contributed by atoms with E-state index in [-0.39, 0.29) is 17.9 Å². The molecule has 0 saturated carbocycles. The number of rotatable bonds is 7. The molecule has 1 aromatic heterocycles. The summed E-state index contributed by atoms with van der Waals surface area (Å²) >= 11 is 1.24. The number of benzene rings is 1. The van der Waals surface area contributed by atoms with Crippen molar-refractivity contribution in [2.45, 2.75) is 11.3 Å². The molecular weight excluding hydrogens is 366 g/mol. The Kier molecular flexibility index (Phi) is 6.51. The predicted octanol–water partition coefficient (Wildman–Crippen LogP) is 0.886. The number of hydrogen-bond donors (Lipinski definition) is 3.